The van der Waals surface area contributed by atoms with Crippen molar-refractivity contribution in [3.05, 3.63) is 60.2 Å². The Morgan fingerprint density at radius 1 is 1.05 bits per heavy atom. The van der Waals surface area contributed by atoms with Crippen molar-refractivity contribution < 1.29 is 9.59 Å². The summed E-state index contributed by atoms with van der Waals surface area (Å²) in [6, 6.07) is 15.9. The Morgan fingerprint density at radius 3 is 2.50 bits per heavy atom. The summed E-state index contributed by atoms with van der Waals surface area (Å²) in [5, 5.41) is 2.35. The van der Waals surface area contributed by atoms with Crippen LogP contribution in [-0.2, 0) is 4.79 Å². The van der Waals surface area contributed by atoms with E-state index in [0.717, 1.165) is 4.90 Å². The van der Waals surface area contributed by atoms with Gasteiger partial charge in [0, 0.05) is 16.1 Å². The average Bonchev–Trinajstić information content (AvgIpc) is 2.46. The fourth-order valence-electron chi connectivity index (χ4n) is 1.58. The van der Waals surface area contributed by atoms with Gasteiger partial charge in [0.2, 0.25) is 5.91 Å². The largest absolute Gasteiger partial charge is 0.399 e. The van der Waals surface area contributed by atoms with Crippen molar-refractivity contribution in [1.29, 1.82) is 0 Å². The molecule has 0 spiro atoms. The second kappa shape index (κ2) is 6.77. The molecule has 0 unspecified atom stereocenters. The zero-order valence-electron chi connectivity index (χ0n) is 10.7. The lowest BCUT2D eigenvalue weighted by molar-refractivity contribution is -0.117. The molecule has 0 saturated carbocycles. The van der Waals surface area contributed by atoms with Gasteiger partial charge >= 0.3 is 0 Å². The van der Waals surface area contributed by atoms with Crippen LogP contribution >= 0.6 is 11.8 Å². The van der Waals surface area contributed by atoms with Crippen LogP contribution in [0.5, 0.6) is 0 Å². The first-order valence-electron chi connectivity index (χ1n) is 6.03. The van der Waals surface area contributed by atoms with Crippen LogP contribution in [0.25, 0.3) is 0 Å². The second-order valence-corrected chi connectivity index (χ2v) is 5.15. The van der Waals surface area contributed by atoms with Crippen LogP contribution in [0.2, 0.25) is 0 Å². The highest BCUT2D eigenvalue weighted by Gasteiger charge is 2.10. The first kappa shape index (κ1) is 14.1. The third-order valence-corrected chi connectivity index (χ3v) is 3.51. The third-order valence-electron chi connectivity index (χ3n) is 2.52. The summed E-state index contributed by atoms with van der Waals surface area (Å²) in [5.41, 5.74) is 6.77. The molecule has 3 N–H and O–H groups in total. The zero-order valence-corrected chi connectivity index (χ0v) is 11.5. The van der Waals surface area contributed by atoms with E-state index in [1.165, 1.54) is 11.8 Å². The van der Waals surface area contributed by atoms with Gasteiger partial charge in [-0.05, 0) is 30.3 Å². The van der Waals surface area contributed by atoms with E-state index < -0.39 is 0 Å². The summed E-state index contributed by atoms with van der Waals surface area (Å²) in [4.78, 5) is 24.4. The van der Waals surface area contributed by atoms with Gasteiger partial charge < -0.3 is 5.73 Å². The number of carbonyl (C=O) groups is 2. The molecule has 5 heteroatoms. The van der Waals surface area contributed by atoms with Crippen molar-refractivity contribution in [3.63, 3.8) is 0 Å². The second-order valence-electron chi connectivity index (χ2n) is 4.10. The maximum absolute atomic E-state index is 11.8. The van der Waals surface area contributed by atoms with E-state index in [2.05, 4.69) is 5.32 Å². The van der Waals surface area contributed by atoms with Crippen molar-refractivity contribution in [2.75, 3.05) is 11.5 Å². The lowest BCUT2D eigenvalue weighted by atomic mass is 10.2. The summed E-state index contributed by atoms with van der Waals surface area (Å²) >= 11 is 1.34. The molecule has 0 aliphatic heterocycles. The summed E-state index contributed by atoms with van der Waals surface area (Å²) < 4.78 is 0. The first-order valence-corrected chi connectivity index (χ1v) is 7.01. The molecule has 2 aromatic carbocycles. The number of hydrogen-bond donors (Lipinski definition) is 2. The molecule has 102 valence electrons. The molecule has 0 radical (unpaired) electrons. The van der Waals surface area contributed by atoms with E-state index in [1.54, 1.807) is 36.4 Å². The molecule has 0 aliphatic carbocycles. The third kappa shape index (κ3) is 4.13. The average molecular weight is 286 g/mol. The van der Waals surface area contributed by atoms with E-state index in [9.17, 15) is 9.59 Å². The number of nitrogen functional groups attached to an aromatic ring is 1. The molecule has 0 aromatic heterocycles. The van der Waals surface area contributed by atoms with Gasteiger partial charge in [-0.25, -0.2) is 0 Å². The van der Waals surface area contributed by atoms with Gasteiger partial charge in [-0.3, -0.25) is 14.9 Å². The Bertz CT molecular complexity index is 614. The van der Waals surface area contributed by atoms with E-state index in [0.29, 0.717) is 11.3 Å². The van der Waals surface area contributed by atoms with Gasteiger partial charge in [-0.2, -0.15) is 0 Å². The normalized spacial score (nSPS) is 10.0. The number of nitrogens with one attached hydrogen (secondary N) is 1. The molecular formula is C15H14N2O2S. The number of amides is 2. The Balaban J connectivity index is 1.85. The maximum atomic E-state index is 11.8. The molecule has 0 bridgehead atoms. The molecule has 0 saturated heterocycles. The minimum atomic E-state index is -0.385. The molecule has 0 atom stereocenters. The standard InChI is InChI=1S/C15H14N2O2S/c16-12-7-4-8-13(9-12)20-10-14(18)17-15(19)11-5-2-1-3-6-11/h1-9H,10,16H2,(H,17,18,19). The monoisotopic (exact) mass is 286 g/mol. The number of rotatable bonds is 4. The van der Waals surface area contributed by atoms with E-state index in [4.69, 9.17) is 5.73 Å². The molecule has 0 fully saturated rings. The van der Waals surface area contributed by atoms with Crippen molar-refractivity contribution in [3.8, 4) is 0 Å². The molecule has 20 heavy (non-hydrogen) atoms. The van der Waals surface area contributed by atoms with Gasteiger partial charge in [0.1, 0.15) is 0 Å². The number of thioether (sulfide) groups is 1. The Kier molecular flexibility index (Phi) is 4.79. The van der Waals surface area contributed by atoms with E-state index in [1.807, 2.05) is 18.2 Å². The van der Waals surface area contributed by atoms with Crippen molar-refractivity contribution in [2.24, 2.45) is 0 Å². The van der Waals surface area contributed by atoms with Crippen LogP contribution in [-0.4, -0.2) is 17.6 Å². The minimum absolute atomic E-state index is 0.169. The molecule has 2 amide bonds. The molecule has 2 rings (SSSR count). The quantitative estimate of drug-likeness (QED) is 0.668. The van der Waals surface area contributed by atoms with Crippen LogP contribution in [0, 0.1) is 0 Å². The fraction of sp³-hybridized carbons (Fsp3) is 0.0667. The van der Waals surface area contributed by atoms with E-state index >= 15 is 0 Å². The van der Waals surface area contributed by atoms with Gasteiger partial charge in [0.25, 0.3) is 5.91 Å². The minimum Gasteiger partial charge on any atom is -0.399 e. The van der Waals surface area contributed by atoms with Crippen molar-refractivity contribution in [1.82, 2.24) is 5.32 Å². The Hall–Kier alpha value is -2.27. The van der Waals surface area contributed by atoms with Crippen LogP contribution in [0.4, 0.5) is 5.69 Å². The Labute approximate surface area is 121 Å². The van der Waals surface area contributed by atoms with Crippen LogP contribution in [0.3, 0.4) is 0 Å². The molecule has 2 aromatic rings. The maximum Gasteiger partial charge on any atom is 0.257 e. The number of anilines is 1. The summed E-state index contributed by atoms with van der Waals surface area (Å²) in [6.45, 7) is 0. The molecular weight excluding hydrogens is 272 g/mol. The number of hydrogen-bond acceptors (Lipinski definition) is 4. The van der Waals surface area contributed by atoms with Crippen LogP contribution in [0.15, 0.2) is 59.5 Å². The Morgan fingerprint density at radius 2 is 1.80 bits per heavy atom. The summed E-state index contributed by atoms with van der Waals surface area (Å²) in [5.74, 6) is -0.544. The summed E-state index contributed by atoms with van der Waals surface area (Å²) in [7, 11) is 0. The molecule has 0 heterocycles. The van der Waals surface area contributed by atoms with Gasteiger partial charge in [0.05, 0.1) is 5.75 Å². The van der Waals surface area contributed by atoms with Gasteiger partial charge in [0.15, 0.2) is 0 Å². The zero-order chi connectivity index (χ0) is 14.4. The molecule has 0 aliphatic rings. The van der Waals surface area contributed by atoms with E-state index in [-0.39, 0.29) is 17.6 Å². The smallest absolute Gasteiger partial charge is 0.257 e. The topological polar surface area (TPSA) is 72.2 Å². The van der Waals surface area contributed by atoms with Crippen LogP contribution < -0.4 is 11.1 Å². The van der Waals surface area contributed by atoms with Gasteiger partial charge in [-0.15, -0.1) is 11.8 Å². The predicted octanol–water partition coefficient (Wildman–Crippen LogP) is 2.32. The molecule has 4 nitrogen and oxygen atoms in total. The highest BCUT2D eigenvalue weighted by Crippen LogP contribution is 2.19. The van der Waals surface area contributed by atoms with Crippen molar-refractivity contribution in [2.45, 2.75) is 4.90 Å². The number of imide groups is 1. The first-order chi connectivity index (χ1) is 9.65. The predicted molar refractivity (Wildman–Crippen MR) is 80.5 cm³/mol. The lowest BCUT2D eigenvalue weighted by Gasteiger charge is -2.04. The highest BCUT2D eigenvalue weighted by molar-refractivity contribution is 8.00. The number of nitrogens with two attached hydrogens (primary N) is 1. The lowest BCUT2D eigenvalue weighted by Crippen LogP contribution is -2.31. The van der Waals surface area contributed by atoms with Gasteiger partial charge in [-0.1, -0.05) is 24.3 Å². The SMILES string of the molecule is Nc1cccc(SCC(=O)NC(=O)c2ccccc2)c1. The highest BCUT2D eigenvalue weighted by atomic mass is 32.2. The van der Waals surface area contributed by atoms with Crippen molar-refractivity contribution >= 4 is 29.3 Å². The number of benzene rings is 2. The number of carbonyl (C=O) groups excluding carboxylic acids is 2. The van der Waals surface area contributed by atoms with Crippen LogP contribution in [0.1, 0.15) is 10.4 Å². The fourth-order valence-corrected chi connectivity index (χ4v) is 2.34. The summed E-state index contributed by atoms with van der Waals surface area (Å²) in [6.07, 6.45) is 0.